The van der Waals surface area contributed by atoms with E-state index in [9.17, 15) is 0 Å². The van der Waals surface area contributed by atoms with Gasteiger partial charge in [-0.1, -0.05) is 6.92 Å². The number of hydrogen-bond acceptors (Lipinski definition) is 4. The van der Waals surface area contributed by atoms with Crippen molar-refractivity contribution in [1.82, 2.24) is 0 Å². The molecule has 0 fully saturated rings. The third kappa shape index (κ3) is 8.39. The van der Waals surface area contributed by atoms with Gasteiger partial charge in [0.2, 0.25) is 0 Å². The Morgan fingerprint density at radius 3 is 2.23 bits per heavy atom. The molecule has 0 aliphatic heterocycles. The second kappa shape index (κ2) is 7.46. The van der Waals surface area contributed by atoms with Crippen molar-refractivity contribution in [3.05, 3.63) is 0 Å². The zero-order valence-corrected chi connectivity index (χ0v) is 10.2. The lowest BCUT2D eigenvalue weighted by Gasteiger charge is -2.20. The van der Waals surface area contributed by atoms with Crippen LogP contribution in [0.25, 0.3) is 0 Å². The number of aliphatic hydroxyl groups excluding tert-OH is 1. The lowest BCUT2D eigenvalue weighted by Crippen LogP contribution is -2.26. The smallest absolute Gasteiger partial charge is 0.164 e. The van der Waals surface area contributed by atoms with Gasteiger partial charge in [-0.05, 0) is 26.8 Å². The van der Waals surface area contributed by atoms with Crippen molar-refractivity contribution in [2.24, 2.45) is 0 Å². The molecule has 5 heteroatoms. The first kappa shape index (κ1) is 13.1. The summed E-state index contributed by atoms with van der Waals surface area (Å²) in [4.78, 5) is 0. The largest absolute Gasteiger partial charge is 0.400 e. The molecule has 1 N–H and O–H groups in total. The van der Waals surface area contributed by atoms with Crippen molar-refractivity contribution >= 4 is 9.76 Å². The summed E-state index contributed by atoms with van der Waals surface area (Å²) in [5.74, 6) is 0. The van der Waals surface area contributed by atoms with Gasteiger partial charge in [0, 0.05) is 0 Å². The second-order valence-corrected chi connectivity index (χ2v) is 4.62. The van der Waals surface area contributed by atoms with Gasteiger partial charge in [0.1, 0.15) is 6.29 Å². The molecule has 0 heterocycles. The highest BCUT2D eigenvalue weighted by Gasteiger charge is 2.10. The van der Waals surface area contributed by atoms with Gasteiger partial charge in [-0.3, -0.25) is 0 Å². The third-order valence-corrected chi connectivity index (χ3v) is 2.44. The van der Waals surface area contributed by atoms with Crippen LogP contribution in [0.1, 0.15) is 27.7 Å². The molecule has 0 saturated carbocycles. The normalized spacial score (nSPS) is 19.2. The fourth-order valence-electron chi connectivity index (χ4n) is 0.902. The van der Waals surface area contributed by atoms with Gasteiger partial charge in [0.15, 0.2) is 22.3 Å². The van der Waals surface area contributed by atoms with E-state index in [0.29, 0.717) is 0 Å². The minimum Gasteiger partial charge on any atom is -0.400 e. The van der Waals surface area contributed by atoms with Crippen LogP contribution in [0, 0.1) is 0 Å². The molecule has 13 heavy (non-hydrogen) atoms. The summed E-state index contributed by atoms with van der Waals surface area (Å²) in [6.45, 7) is 7.21. The molecule has 0 spiro atoms. The Morgan fingerprint density at radius 2 is 1.77 bits per heavy atom. The summed E-state index contributed by atoms with van der Waals surface area (Å²) >= 11 is 0. The van der Waals surface area contributed by atoms with Crippen molar-refractivity contribution in [1.29, 1.82) is 0 Å². The standard InChI is InChI=1S/C8H20O4Si/c1-5-13-12-8(4)11-7(3)10-6(2)9/h6-9H,5,13H2,1-4H3. The van der Waals surface area contributed by atoms with E-state index in [1.807, 2.05) is 6.92 Å². The summed E-state index contributed by atoms with van der Waals surface area (Å²) in [6.07, 6.45) is -1.47. The first-order chi connectivity index (χ1) is 6.06. The van der Waals surface area contributed by atoms with Gasteiger partial charge in [0.05, 0.1) is 0 Å². The van der Waals surface area contributed by atoms with Crippen LogP contribution in [0.2, 0.25) is 6.04 Å². The fraction of sp³-hybridized carbons (Fsp3) is 1.00. The summed E-state index contributed by atoms with van der Waals surface area (Å²) in [6, 6.07) is 1.10. The van der Waals surface area contributed by atoms with Crippen molar-refractivity contribution in [3.63, 3.8) is 0 Å². The van der Waals surface area contributed by atoms with E-state index < -0.39 is 22.3 Å². The van der Waals surface area contributed by atoms with Gasteiger partial charge in [-0.2, -0.15) is 0 Å². The van der Waals surface area contributed by atoms with Gasteiger partial charge in [-0.25, -0.2) is 0 Å². The van der Waals surface area contributed by atoms with Gasteiger partial charge < -0.3 is 19.0 Å². The molecule has 0 aromatic carbocycles. The summed E-state index contributed by atoms with van der Waals surface area (Å²) in [5, 5.41) is 8.88. The molecule has 4 nitrogen and oxygen atoms in total. The number of aliphatic hydroxyl groups is 1. The third-order valence-electron chi connectivity index (χ3n) is 1.33. The SMILES string of the molecule is CC[SiH2]OC(C)OC(C)OC(C)O. The predicted octanol–water partition coefficient (Wildman–Crippen LogP) is 0.589. The summed E-state index contributed by atoms with van der Waals surface area (Å²) < 4.78 is 15.7. The van der Waals surface area contributed by atoms with Crippen LogP contribution in [0.15, 0.2) is 0 Å². The molecule has 0 radical (unpaired) electrons. The molecule has 0 rings (SSSR count). The minimum absolute atomic E-state index is 0.236. The topological polar surface area (TPSA) is 47.9 Å². The van der Waals surface area contributed by atoms with Crippen LogP contribution >= 0.6 is 0 Å². The fourth-order valence-corrected chi connectivity index (χ4v) is 1.55. The molecule has 0 amide bonds. The highest BCUT2D eigenvalue weighted by molar-refractivity contribution is 6.26. The Bertz CT molecular complexity index is 121. The monoisotopic (exact) mass is 208 g/mol. The van der Waals surface area contributed by atoms with E-state index in [2.05, 4.69) is 6.92 Å². The molecule has 0 aliphatic rings. The molecule has 3 atom stereocenters. The van der Waals surface area contributed by atoms with Crippen LogP contribution in [0.4, 0.5) is 0 Å². The first-order valence-electron chi connectivity index (χ1n) is 4.66. The summed E-state index contributed by atoms with van der Waals surface area (Å²) in [7, 11) is -0.439. The molecule has 0 aromatic rings. The highest BCUT2D eigenvalue weighted by Crippen LogP contribution is 2.03. The quantitative estimate of drug-likeness (QED) is 0.491. The maximum atomic E-state index is 8.88. The van der Waals surface area contributed by atoms with E-state index in [4.69, 9.17) is 19.0 Å². The van der Waals surface area contributed by atoms with Gasteiger partial charge >= 0.3 is 0 Å². The molecule has 3 unspecified atom stereocenters. The lowest BCUT2D eigenvalue weighted by atomic mass is 10.6. The van der Waals surface area contributed by atoms with Crippen LogP contribution in [-0.4, -0.2) is 33.7 Å². The summed E-state index contributed by atoms with van der Waals surface area (Å²) in [5.41, 5.74) is 0. The Labute approximate surface area is 82.1 Å². The Hall–Kier alpha value is 0.0569. The molecule has 0 bridgehead atoms. The van der Waals surface area contributed by atoms with E-state index >= 15 is 0 Å². The predicted molar refractivity (Wildman–Crippen MR) is 52.9 cm³/mol. The average Bonchev–Trinajstić information content (AvgIpc) is 1.98. The Balaban J connectivity index is 3.46. The van der Waals surface area contributed by atoms with Crippen molar-refractivity contribution < 1.29 is 19.0 Å². The van der Waals surface area contributed by atoms with Crippen molar-refractivity contribution in [3.8, 4) is 0 Å². The van der Waals surface area contributed by atoms with E-state index in [1.165, 1.54) is 0 Å². The number of rotatable bonds is 7. The minimum atomic E-state index is -0.800. The molecular formula is C8H20O4Si. The molecule has 0 aliphatic carbocycles. The average molecular weight is 208 g/mol. The van der Waals surface area contributed by atoms with Gasteiger partial charge in [-0.15, -0.1) is 0 Å². The number of ether oxygens (including phenoxy) is 2. The second-order valence-electron chi connectivity index (χ2n) is 2.88. The zero-order chi connectivity index (χ0) is 10.3. The van der Waals surface area contributed by atoms with E-state index in [-0.39, 0.29) is 6.29 Å². The van der Waals surface area contributed by atoms with E-state index in [1.54, 1.807) is 13.8 Å². The maximum Gasteiger partial charge on any atom is 0.164 e. The lowest BCUT2D eigenvalue weighted by molar-refractivity contribution is -0.254. The Morgan fingerprint density at radius 1 is 1.15 bits per heavy atom. The zero-order valence-electron chi connectivity index (χ0n) is 8.82. The van der Waals surface area contributed by atoms with Crippen molar-refractivity contribution in [2.75, 3.05) is 0 Å². The van der Waals surface area contributed by atoms with Crippen molar-refractivity contribution in [2.45, 2.75) is 52.6 Å². The molecule has 80 valence electrons. The van der Waals surface area contributed by atoms with E-state index in [0.717, 1.165) is 6.04 Å². The van der Waals surface area contributed by atoms with Crippen LogP contribution in [0.3, 0.4) is 0 Å². The van der Waals surface area contributed by atoms with Crippen LogP contribution in [0.5, 0.6) is 0 Å². The maximum absolute atomic E-state index is 8.88. The first-order valence-corrected chi connectivity index (χ1v) is 6.24. The van der Waals surface area contributed by atoms with Crippen LogP contribution in [-0.2, 0) is 13.9 Å². The Kier molecular flexibility index (Phi) is 7.49. The van der Waals surface area contributed by atoms with Crippen LogP contribution < -0.4 is 0 Å². The van der Waals surface area contributed by atoms with Gasteiger partial charge in [0.25, 0.3) is 0 Å². The number of hydrogen-bond donors (Lipinski definition) is 1. The molecular weight excluding hydrogens is 188 g/mol. The molecule has 0 saturated heterocycles. The highest BCUT2D eigenvalue weighted by atomic mass is 28.2. The molecule has 0 aromatic heterocycles.